The highest BCUT2D eigenvalue weighted by Gasteiger charge is 2.20. The minimum atomic E-state index is 0.0930. The Kier molecular flexibility index (Phi) is 10.2. The summed E-state index contributed by atoms with van der Waals surface area (Å²) in [7, 11) is 1.96. The second-order valence-corrected chi connectivity index (χ2v) is 5.56. The molecule has 0 aliphatic carbocycles. The van der Waals surface area contributed by atoms with Crippen LogP contribution in [0.15, 0.2) is 0 Å². The van der Waals surface area contributed by atoms with E-state index < -0.39 is 0 Å². The third-order valence-electron chi connectivity index (χ3n) is 2.19. The fraction of sp³-hybridized carbons (Fsp3) is 1.00. The lowest BCUT2D eigenvalue weighted by atomic mass is 9.93. The van der Waals surface area contributed by atoms with Crippen molar-refractivity contribution in [3.8, 4) is 0 Å². The molecule has 3 nitrogen and oxygen atoms in total. The average molecular weight is 232 g/mol. The predicted octanol–water partition coefficient (Wildman–Crippen LogP) is 2.26. The Morgan fingerprint density at radius 3 is 1.81 bits per heavy atom. The molecule has 100 valence electrons. The van der Waals surface area contributed by atoms with Crippen LogP contribution >= 0.6 is 0 Å². The van der Waals surface area contributed by atoms with Gasteiger partial charge in [-0.25, -0.2) is 0 Å². The molecule has 0 aromatic rings. The van der Waals surface area contributed by atoms with Crippen LogP contribution in [0.3, 0.4) is 0 Å². The highest BCUT2D eigenvalue weighted by Crippen LogP contribution is 2.17. The van der Waals surface area contributed by atoms with Crippen molar-refractivity contribution in [1.82, 2.24) is 5.32 Å². The van der Waals surface area contributed by atoms with Crippen molar-refractivity contribution in [2.24, 2.45) is 16.6 Å². The van der Waals surface area contributed by atoms with E-state index in [4.69, 9.17) is 10.5 Å². The van der Waals surface area contributed by atoms with E-state index in [1.165, 1.54) is 0 Å². The minimum Gasteiger partial charge on any atom is -0.380 e. The van der Waals surface area contributed by atoms with Crippen LogP contribution in [0.1, 0.15) is 41.5 Å². The van der Waals surface area contributed by atoms with Crippen molar-refractivity contribution < 1.29 is 4.74 Å². The third kappa shape index (κ3) is 10.4. The van der Waals surface area contributed by atoms with Crippen molar-refractivity contribution in [1.29, 1.82) is 0 Å². The summed E-state index contributed by atoms with van der Waals surface area (Å²) >= 11 is 0. The summed E-state index contributed by atoms with van der Waals surface area (Å²) in [4.78, 5) is 0. The molecule has 0 bridgehead atoms. The fourth-order valence-corrected chi connectivity index (χ4v) is 1.19. The first-order valence-corrected chi connectivity index (χ1v) is 6.25. The number of nitrogens with one attached hydrogen (secondary N) is 1. The first kappa shape index (κ1) is 18.3. The SMILES string of the molecule is CC.CNCC(C)(C)COCC(C)(C)CN. The van der Waals surface area contributed by atoms with Crippen molar-refractivity contribution in [3.63, 3.8) is 0 Å². The molecule has 0 atom stereocenters. The van der Waals surface area contributed by atoms with E-state index in [0.29, 0.717) is 6.54 Å². The lowest BCUT2D eigenvalue weighted by Gasteiger charge is -2.28. The Balaban J connectivity index is 0. The largest absolute Gasteiger partial charge is 0.380 e. The summed E-state index contributed by atoms with van der Waals surface area (Å²) in [5.41, 5.74) is 5.91. The number of ether oxygens (including phenoxy) is 1. The van der Waals surface area contributed by atoms with Gasteiger partial charge >= 0.3 is 0 Å². The van der Waals surface area contributed by atoms with E-state index in [1.54, 1.807) is 0 Å². The quantitative estimate of drug-likeness (QED) is 0.708. The van der Waals surface area contributed by atoms with E-state index in [0.717, 1.165) is 19.8 Å². The molecule has 0 saturated heterocycles. The summed E-state index contributed by atoms with van der Waals surface area (Å²) in [6, 6.07) is 0. The summed E-state index contributed by atoms with van der Waals surface area (Å²) < 4.78 is 5.69. The maximum atomic E-state index is 5.69. The molecule has 0 aliphatic heterocycles. The van der Waals surface area contributed by atoms with Gasteiger partial charge in [-0.1, -0.05) is 41.5 Å². The molecule has 0 heterocycles. The summed E-state index contributed by atoms with van der Waals surface area (Å²) in [6.45, 7) is 15.8. The van der Waals surface area contributed by atoms with Crippen molar-refractivity contribution in [3.05, 3.63) is 0 Å². The van der Waals surface area contributed by atoms with Crippen LogP contribution in [0.25, 0.3) is 0 Å². The molecule has 0 rings (SSSR count). The van der Waals surface area contributed by atoms with Crippen LogP contribution in [0.5, 0.6) is 0 Å². The van der Waals surface area contributed by atoms with Gasteiger partial charge in [-0.3, -0.25) is 0 Å². The van der Waals surface area contributed by atoms with Crippen LogP contribution in [0, 0.1) is 10.8 Å². The van der Waals surface area contributed by atoms with Gasteiger partial charge in [0.05, 0.1) is 13.2 Å². The van der Waals surface area contributed by atoms with E-state index in [-0.39, 0.29) is 10.8 Å². The molecule has 0 spiro atoms. The van der Waals surface area contributed by atoms with Gasteiger partial charge in [-0.05, 0) is 13.6 Å². The second-order valence-electron chi connectivity index (χ2n) is 5.56. The summed E-state index contributed by atoms with van der Waals surface area (Å²) in [5.74, 6) is 0. The third-order valence-corrected chi connectivity index (χ3v) is 2.19. The zero-order chi connectivity index (χ0) is 13.2. The molecule has 0 aromatic heterocycles. The molecule has 3 N–H and O–H groups in total. The van der Waals surface area contributed by atoms with Gasteiger partial charge in [0.1, 0.15) is 0 Å². The van der Waals surface area contributed by atoms with Crippen molar-refractivity contribution in [2.45, 2.75) is 41.5 Å². The molecular weight excluding hydrogens is 200 g/mol. The molecule has 0 aliphatic rings. The smallest absolute Gasteiger partial charge is 0.0529 e. The van der Waals surface area contributed by atoms with E-state index >= 15 is 0 Å². The molecule has 16 heavy (non-hydrogen) atoms. The van der Waals surface area contributed by atoms with Crippen LogP contribution in [0.4, 0.5) is 0 Å². The van der Waals surface area contributed by atoms with Crippen molar-refractivity contribution >= 4 is 0 Å². The van der Waals surface area contributed by atoms with Gasteiger partial charge in [0.2, 0.25) is 0 Å². The number of nitrogens with two attached hydrogens (primary N) is 1. The summed E-state index contributed by atoms with van der Waals surface area (Å²) in [6.07, 6.45) is 0. The maximum Gasteiger partial charge on any atom is 0.0529 e. The van der Waals surface area contributed by atoms with Gasteiger partial charge in [-0.15, -0.1) is 0 Å². The normalized spacial score (nSPS) is 12.0. The van der Waals surface area contributed by atoms with E-state index in [9.17, 15) is 0 Å². The predicted molar refractivity (Wildman–Crippen MR) is 72.7 cm³/mol. The topological polar surface area (TPSA) is 47.3 Å². The minimum absolute atomic E-state index is 0.0930. The monoisotopic (exact) mass is 232 g/mol. The van der Waals surface area contributed by atoms with Gasteiger partial charge in [0, 0.05) is 17.4 Å². The first-order valence-electron chi connectivity index (χ1n) is 6.25. The fourth-order valence-electron chi connectivity index (χ4n) is 1.19. The molecule has 0 radical (unpaired) electrons. The Morgan fingerprint density at radius 2 is 1.44 bits per heavy atom. The van der Waals surface area contributed by atoms with E-state index in [2.05, 4.69) is 33.0 Å². The standard InChI is InChI=1S/C11H26N2O.C2H6/c1-10(2,6-12)8-14-9-11(3,4)7-13-5;1-2/h13H,6-9,12H2,1-5H3;1-2H3. The molecule has 0 fully saturated rings. The first-order chi connectivity index (χ1) is 7.33. The Bertz CT molecular complexity index is 156. The molecule has 3 heteroatoms. The Morgan fingerprint density at radius 1 is 1.00 bits per heavy atom. The van der Waals surface area contributed by atoms with Gasteiger partial charge in [0.25, 0.3) is 0 Å². The highest BCUT2D eigenvalue weighted by atomic mass is 16.5. The van der Waals surface area contributed by atoms with Crippen molar-refractivity contribution in [2.75, 3.05) is 33.4 Å². The lowest BCUT2D eigenvalue weighted by molar-refractivity contribution is 0.0189. The average Bonchev–Trinajstić information content (AvgIpc) is 2.20. The Hall–Kier alpha value is -0.120. The highest BCUT2D eigenvalue weighted by molar-refractivity contribution is 4.72. The number of rotatable bonds is 7. The molecular formula is C13H32N2O. The molecule has 0 unspecified atom stereocenters. The van der Waals surface area contributed by atoms with Crippen LogP contribution in [0.2, 0.25) is 0 Å². The van der Waals surface area contributed by atoms with Gasteiger partial charge in [-0.2, -0.15) is 0 Å². The number of hydrogen-bond donors (Lipinski definition) is 2. The number of hydrogen-bond acceptors (Lipinski definition) is 3. The van der Waals surface area contributed by atoms with Gasteiger partial charge in [0.15, 0.2) is 0 Å². The summed E-state index contributed by atoms with van der Waals surface area (Å²) in [5, 5.41) is 3.16. The molecule has 0 aromatic carbocycles. The van der Waals surface area contributed by atoms with Gasteiger partial charge < -0.3 is 15.8 Å². The lowest BCUT2D eigenvalue weighted by Crippen LogP contribution is -2.34. The Labute approximate surface area is 102 Å². The van der Waals surface area contributed by atoms with Crippen LogP contribution < -0.4 is 11.1 Å². The van der Waals surface area contributed by atoms with Crippen LogP contribution in [-0.2, 0) is 4.74 Å². The second kappa shape index (κ2) is 8.97. The maximum absolute atomic E-state index is 5.69. The zero-order valence-electron chi connectivity index (χ0n) is 12.3. The molecule has 0 amide bonds. The zero-order valence-corrected chi connectivity index (χ0v) is 12.3. The van der Waals surface area contributed by atoms with Crippen LogP contribution in [-0.4, -0.2) is 33.4 Å². The molecule has 0 saturated carbocycles. The van der Waals surface area contributed by atoms with E-state index in [1.807, 2.05) is 20.9 Å².